The number of hydrogen-bond donors (Lipinski definition) is 0. The second kappa shape index (κ2) is 11.4. The Bertz CT molecular complexity index is 957. The monoisotopic (exact) mass is 415 g/mol. The lowest BCUT2D eigenvalue weighted by Crippen LogP contribution is -2.33. The number of carbonyl (C=O) groups excluding carboxylic acids is 2. The van der Waals surface area contributed by atoms with E-state index >= 15 is 0 Å². The third-order valence-electron chi connectivity index (χ3n) is 4.65. The molecule has 0 saturated carbocycles. The van der Waals surface area contributed by atoms with Crippen LogP contribution in [0.2, 0.25) is 0 Å². The first-order valence-electron chi connectivity index (χ1n) is 9.98. The van der Waals surface area contributed by atoms with Crippen molar-refractivity contribution in [3.05, 3.63) is 108 Å². The van der Waals surface area contributed by atoms with Crippen molar-refractivity contribution in [3.63, 3.8) is 0 Å². The van der Waals surface area contributed by atoms with Crippen LogP contribution in [0.15, 0.2) is 91.0 Å². The number of nitrogens with zero attached hydrogens (tertiary/aromatic N) is 1. The predicted molar refractivity (Wildman–Crippen MR) is 120 cm³/mol. The Hall–Kier alpha value is -3.86. The fraction of sp³-hybridized carbons (Fsp3) is 0.154. The third kappa shape index (κ3) is 7.16. The maximum Gasteiger partial charge on any atom is 0.331 e. The van der Waals surface area contributed by atoms with E-state index < -0.39 is 5.97 Å². The number of hydrogen-bond acceptors (Lipinski definition) is 4. The first kappa shape index (κ1) is 21.8. The summed E-state index contributed by atoms with van der Waals surface area (Å²) in [5.74, 6) is -0.0790. The molecule has 0 spiro atoms. The van der Waals surface area contributed by atoms with Crippen LogP contribution < -0.4 is 4.74 Å². The Kier molecular flexibility index (Phi) is 8.00. The first-order valence-corrected chi connectivity index (χ1v) is 9.98. The van der Waals surface area contributed by atoms with Crippen LogP contribution in [0.4, 0.5) is 0 Å². The Morgan fingerprint density at radius 1 is 0.806 bits per heavy atom. The summed E-state index contributed by atoms with van der Waals surface area (Å²) in [6, 6.07) is 26.7. The summed E-state index contributed by atoms with van der Waals surface area (Å²) in [4.78, 5) is 26.6. The van der Waals surface area contributed by atoms with E-state index in [0.717, 1.165) is 22.4 Å². The number of esters is 1. The minimum Gasteiger partial charge on any atom is -0.497 e. The molecule has 3 aromatic carbocycles. The molecule has 1 amide bonds. The minimum absolute atomic E-state index is 0.251. The highest BCUT2D eigenvalue weighted by Crippen LogP contribution is 2.13. The molecule has 0 atom stereocenters. The van der Waals surface area contributed by atoms with Gasteiger partial charge in [0.15, 0.2) is 6.61 Å². The highest BCUT2D eigenvalue weighted by Gasteiger charge is 2.16. The maximum absolute atomic E-state index is 12.8. The van der Waals surface area contributed by atoms with Crippen molar-refractivity contribution in [2.75, 3.05) is 13.7 Å². The second-order valence-corrected chi connectivity index (χ2v) is 6.94. The Morgan fingerprint density at radius 2 is 1.35 bits per heavy atom. The van der Waals surface area contributed by atoms with Gasteiger partial charge in [-0.2, -0.15) is 0 Å². The van der Waals surface area contributed by atoms with Crippen molar-refractivity contribution in [2.45, 2.75) is 13.1 Å². The van der Waals surface area contributed by atoms with Crippen molar-refractivity contribution in [2.24, 2.45) is 0 Å². The lowest BCUT2D eigenvalue weighted by atomic mass is 10.1. The van der Waals surface area contributed by atoms with Crippen molar-refractivity contribution in [1.82, 2.24) is 4.90 Å². The van der Waals surface area contributed by atoms with Gasteiger partial charge in [0.1, 0.15) is 5.75 Å². The molecule has 0 aromatic heterocycles. The normalized spacial score (nSPS) is 10.6. The summed E-state index contributed by atoms with van der Waals surface area (Å²) in [6.45, 7) is 0.563. The molecule has 3 aromatic rings. The Balaban J connectivity index is 1.59. The molecule has 5 heteroatoms. The van der Waals surface area contributed by atoms with Gasteiger partial charge in [-0.15, -0.1) is 0 Å². The standard InChI is InChI=1S/C26H25NO4/c1-30-24-15-12-21(13-16-24)14-17-26(29)31-20-25(28)27(18-22-8-4-2-5-9-22)19-23-10-6-3-7-11-23/h2-17H,18-20H2,1H3/b17-14+. The van der Waals surface area contributed by atoms with Crippen molar-refractivity contribution >= 4 is 18.0 Å². The largest absolute Gasteiger partial charge is 0.497 e. The van der Waals surface area contributed by atoms with E-state index in [2.05, 4.69) is 0 Å². The molecule has 0 aliphatic carbocycles. The number of amides is 1. The topological polar surface area (TPSA) is 55.8 Å². The number of rotatable bonds is 9. The van der Waals surface area contributed by atoms with E-state index in [1.54, 1.807) is 30.2 Å². The SMILES string of the molecule is COc1ccc(/C=C/C(=O)OCC(=O)N(Cc2ccccc2)Cc2ccccc2)cc1. The van der Waals surface area contributed by atoms with Gasteiger partial charge < -0.3 is 14.4 Å². The van der Waals surface area contributed by atoms with Gasteiger partial charge in [0.2, 0.25) is 0 Å². The Morgan fingerprint density at radius 3 is 1.87 bits per heavy atom. The van der Waals surface area contributed by atoms with Crippen LogP contribution in [0.25, 0.3) is 6.08 Å². The van der Waals surface area contributed by atoms with E-state index in [9.17, 15) is 9.59 Å². The van der Waals surface area contributed by atoms with Gasteiger partial charge in [-0.25, -0.2) is 4.79 Å². The summed E-state index contributed by atoms with van der Waals surface area (Å²) in [7, 11) is 1.60. The van der Waals surface area contributed by atoms with Crippen LogP contribution in [0, 0.1) is 0 Å². The van der Waals surface area contributed by atoms with Crippen LogP contribution in [-0.2, 0) is 27.4 Å². The van der Waals surface area contributed by atoms with E-state index in [1.165, 1.54) is 6.08 Å². The number of carbonyl (C=O) groups is 2. The van der Waals surface area contributed by atoms with Crippen molar-refractivity contribution < 1.29 is 19.1 Å². The van der Waals surface area contributed by atoms with Gasteiger partial charge in [0, 0.05) is 19.2 Å². The fourth-order valence-corrected chi connectivity index (χ4v) is 2.99. The van der Waals surface area contributed by atoms with E-state index in [0.29, 0.717) is 13.1 Å². The molecule has 31 heavy (non-hydrogen) atoms. The van der Waals surface area contributed by atoms with Crippen molar-refractivity contribution in [1.29, 1.82) is 0 Å². The molecule has 0 unspecified atom stereocenters. The molecule has 0 saturated heterocycles. The zero-order valence-corrected chi connectivity index (χ0v) is 17.4. The van der Waals surface area contributed by atoms with Crippen LogP contribution in [-0.4, -0.2) is 30.5 Å². The molecule has 0 aliphatic rings. The minimum atomic E-state index is -0.566. The number of ether oxygens (including phenoxy) is 2. The summed E-state index contributed by atoms with van der Waals surface area (Å²) in [5.41, 5.74) is 2.86. The molecular formula is C26H25NO4. The average molecular weight is 415 g/mol. The molecule has 0 N–H and O–H groups in total. The van der Waals surface area contributed by atoms with Gasteiger partial charge in [0.25, 0.3) is 5.91 Å². The first-order chi connectivity index (χ1) is 15.1. The number of benzene rings is 3. The van der Waals surface area contributed by atoms with Gasteiger partial charge in [0.05, 0.1) is 7.11 Å². The smallest absolute Gasteiger partial charge is 0.331 e. The van der Waals surface area contributed by atoms with Gasteiger partial charge in [-0.1, -0.05) is 72.8 Å². The van der Waals surface area contributed by atoms with E-state index in [4.69, 9.17) is 9.47 Å². The van der Waals surface area contributed by atoms with Crippen molar-refractivity contribution in [3.8, 4) is 5.75 Å². The van der Waals surface area contributed by atoms with E-state index in [-0.39, 0.29) is 12.5 Å². The molecule has 0 radical (unpaired) electrons. The van der Waals surface area contributed by atoms with E-state index in [1.807, 2.05) is 72.8 Å². The molecule has 0 bridgehead atoms. The molecule has 0 aliphatic heterocycles. The summed E-state index contributed by atoms with van der Waals surface area (Å²) in [5, 5.41) is 0. The lowest BCUT2D eigenvalue weighted by Gasteiger charge is -2.23. The van der Waals surface area contributed by atoms with Gasteiger partial charge >= 0.3 is 5.97 Å². The highest BCUT2D eigenvalue weighted by molar-refractivity contribution is 5.89. The lowest BCUT2D eigenvalue weighted by molar-refractivity contribution is -0.148. The molecular weight excluding hydrogens is 390 g/mol. The average Bonchev–Trinajstić information content (AvgIpc) is 2.82. The molecule has 5 nitrogen and oxygen atoms in total. The summed E-state index contributed by atoms with van der Waals surface area (Å²) >= 11 is 0. The molecule has 3 rings (SSSR count). The maximum atomic E-state index is 12.8. The van der Waals surface area contributed by atoms with Crippen LogP contribution in [0.5, 0.6) is 5.75 Å². The number of methoxy groups -OCH3 is 1. The zero-order chi connectivity index (χ0) is 21.9. The van der Waals surface area contributed by atoms with Crippen LogP contribution >= 0.6 is 0 Å². The van der Waals surface area contributed by atoms with Gasteiger partial charge in [-0.05, 0) is 34.9 Å². The van der Waals surface area contributed by atoms with Gasteiger partial charge in [-0.3, -0.25) is 4.79 Å². The molecule has 0 fully saturated rings. The predicted octanol–water partition coefficient (Wildman–Crippen LogP) is 4.48. The molecule has 0 heterocycles. The molecule has 158 valence electrons. The quantitative estimate of drug-likeness (QED) is 0.382. The second-order valence-electron chi connectivity index (χ2n) is 6.94. The summed E-state index contributed by atoms with van der Waals surface area (Å²) in [6.07, 6.45) is 2.95. The Labute approximate surface area is 182 Å². The highest BCUT2D eigenvalue weighted by atomic mass is 16.5. The van der Waals surface area contributed by atoms with Crippen LogP contribution in [0.3, 0.4) is 0 Å². The summed E-state index contributed by atoms with van der Waals surface area (Å²) < 4.78 is 10.3. The zero-order valence-electron chi connectivity index (χ0n) is 17.4. The fourth-order valence-electron chi connectivity index (χ4n) is 2.99. The van der Waals surface area contributed by atoms with Crippen LogP contribution in [0.1, 0.15) is 16.7 Å². The third-order valence-corrected chi connectivity index (χ3v) is 4.65.